The summed E-state index contributed by atoms with van der Waals surface area (Å²) < 4.78 is 0. The standard InChI is InChI=1S/C26H50N2O4/c1-3-5-6-7-8-9-10-11-12-13-14-17-23(29)24(30)18-15-16-19-26(4-2,25(31)32)28-21-20-27-22-28/h22-24,29-30H,3-21H2,1-2H3,(H,31,32). The molecular weight excluding hydrogens is 404 g/mol. The summed E-state index contributed by atoms with van der Waals surface area (Å²) in [6.07, 6.45) is 18.0. The predicted molar refractivity (Wildman–Crippen MR) is 132 cm³/mol. The largest absolute Gasteiger partial charge is 0.479 e. The third kappa shape index (κ3) is 10.7. The van der Waals surface area contributed by atoms with Crippen molar-refractivity contribution in [2.45, 2.75) is 141 Å². The fourth-order valence-corrected chi connectivity index (χ4v) is 4.78. The van der Waals surface area contributed by atoms with Gasteiger partial charge >= 0.3 is 5.97 Å². The van der Waals surface area contributed by atoms with Crippen molar-refractivity contribution in [3.8, 4) is 0 Å². The van der Waals surface area contributed by atoms with Crippen LogP contribution in [0.1, 0.15) is 123 Å². The number of aliphatic carboxylic acids is 1. The van der Waals surface area contributed by atoms with Gasteiger partial charge in [0.25, 0.3) is 0 Å². The quantitative estimate of drug-likeness (QED) is 0.198. The topological polar surface area (TPSA) is 93.4 Å². The number of unbranched alkanes of at least 4 members (excludes halogenated alkanes) is 11. The van der Waals surface area contributed by atoms with Crippen molar-refractivity contribution < 1.29 is 20.1 Å². The second-order valence-electron chi connectivity index (χ2n) is 9.61. The second-order valence-corrected chi connectivity index (χ2v) is 9.61. The molecular formula is C26H50N2O4. The van der Waals surface area contributed by atoms with Gasteiger partial charge in [0.15, 0.2) is 0 Å². The van der Waals surface area contributed by atoms with Crippen molar-refractivity contribution >= 4 is 12.3 Å². The van der Waals surface area contributed by atoms with Crippen LogP contribution < -0.4 is 0 Å². The molecule has 0 saturated carbocycles. The van der Waals surface area contributed by atoms with Gasteiger partial charge in [0, 0.05) is 6.54 Å². The number of carboxylic acid groups (broad SMARTS) is 1. The molecule has 1 aliphatic rings. The van der Waals surface area contributed by atoms with Crippen molar-refractivity contribution in [2.75, 3.05) is 13.1 Å². The normalized spacial score (nSPS) is 17.4. The van der Waals surface area contributed by atoms with Crippen molar-refractivity contribution in [1.29, 1.82) is 0 Å². The van der Waals surface area contributed by atoms with E-state index >= 15 is 0 Å². The molecule has 3 N–H and O–H groups in total. The lowest BCUT2D eigenvalue weighted by Crippen LogP contribution is -2.53. The van der Waals surface area contributed by atoms with E-state index in [2.05, 4.69) is 11.9 Å². The molecule has 0 radical (unpaired) electrons. The molecule has 0 fully saturated rings. The first-order valence-corrected chi connectivity index (χ1v) is 13.3. The Morgan fingerprint density at radius 2 is 1.38 bits per heavy atom. The minimum Gasteiger partial charge on any atom is -0.479 e. The first-order valence-electron chi connectivity index (χ1n) is 13.3. The van der Waals surface area contributed by atoms with Crippen LogP contribution in [0, 0.1) is 0 Å². The Bertz CT molecular complexity index is 514. The first kappa shape index (κ1) is 28.9. The Morgan fingerprint density at radius 1 is 0.875 bits per heavy atom. The highest BCUT2D eigenvalue weighted by Gasteiger charge is 2.41. The summed E-state index contributed by atoms with van der Waals surface area (Å²) in [5.41, 5.74) is -0.904. The third-order valence-corrected chi connectivity index (χ3v) is 7.11. The highest BCUT2D eigenvalue weighted by molar-refractivity contribution is 5.82. The number of rotatable bonds is 21. The Labute approximate surface area is 196 Å². The van der Waals surface area contributed by atoms with Gasteiger partial charge in [-0.3, -0.25) is 4.99 Å². The SMILES string of the molecule is CCCCCCCCCCCCCC(O)C(O)CCCCC(CC)(C(=O)O)N1C=NCC1. The highest BCUT2D eigenvalue weighted by atomic mass is 16.4. The molecule has 1 rings (SSSR count). The summed E-state index contributed by atoms with van der Waals surface area (Å²) in [4.78, 5) is 18.0. The third-order valence-electron chi connectivity index (χ3n) is 7.11. The molecule has 0 saturated heterocycles. The number of hydrogen-bond donors (Lipinski definition) is 3. The van der Waals surface area contributed by atoms with Crippen LogP contribution in [0.3, 0.4) is 0 Å². The molecule has 188 valence electrons. The molecule has 1 aliphatic heterocycles. The molecule has 6 heteroatoms. The van der Waals surface area contributed by atoms with Crippen LogP contribution in [0.25, 0.3) is 0 Å². The maximum Gasteiger partial charge on any atom is 0.329 e. The highest BCUT2D eigenvalue weighted by Crippen LogP contribution is 2.28. The monoisotopic (exact) mass is 454 g/mol. The van der Waals surface area contributed by atoms with E-state index in [9.17, 15) is 20.1 Å². The molecule has 0 spiro atoms. The summed E-state index contributed by atoms with van der Waals surface area (Å²) in [5, 5.41) is 30.4. The van der Waals surface area contributed by atoms with Gasteiger partial charge in [0.2, 0.25) is 0 Å². The summed E-state index contributed by atoms with van der Waals surface area (Å²) in [5.74, 6) is -0.801. The number of carboxylic acids is 1. The lowest BCUT2D eigenvalue weighted by molar-refractivity contribution is -0.149. The predicted octanol–water partition coefficient (Wildman–Crippen LogP) is 5.55. The van der Waals surface area contributed by atoms with Crippen LogP contribution in [0.5, 0.6) is 0 Å². The molecule has 0 amide bonds. The van der Waals surface area contributed by atoms with Gasteiger partial charge in [0.05, 0.1) is 25.1 Å². The van der Waals surface area contributed by atoms with Crippen LogP contribution in [0.15, 0.2) is 4.99 Å². The van der Waals surface area contributed by atoms with Crippen molar-refractivity contribution in [3.63, 3.8) is 0 Å². The van der Waals surface area contributed by atoms with Crippen LogP contribution >= 0.6 is 0 Å². The van der Waals surface area contributed by atoms with Crippen molar-refractivity contribution in [3.05, 3.63) is 0 Å². The van der Waals surface area contributed by atoms with Crippen LogP contribution in [-0.2, 0) is 4.79 Å². The molecule has 0 aromatic rings. The fraction of sp³-hybridized carbons (Fsp3) is 0.923. The van der Waals surface area contributed by atoms with Crippen LogP contribution in [0.4, 0.5) is 0 Å². The molecule has 3 unspecified atom stereocenters. The van der Waals surface area contributed by atoms with Crippen molar-refractivity contribution in [2.24, 2.45) is 4.99 Å². The molecule has 1 heterocycles. The molecule has 0 bridgehead atoms. The average molecular weight is 455 g/mol. The van der Waals surface area contributed by atoms with E-state index in [-0.39, 0.29) is 0 Å². The molecule has 0 aliphatic carbocycles. The van der Waals surface area contributed by atoms with Gasteiger partial charge in [-0.1, -0.05) is 97.3 Å². The molecule has 3 atom stereocenters. The van der Waals surface area contributed by atoms with Gasteiger partial charge in [-0.2, -0.15) is 0 Å². The number of hydrogen-bond acceptors (Lipinski definition) is 5. The van der Waals surface area contributed by atoms with E-state index in [1.165, 1.54) is 57.8 Å². The Hall–Kier alpha value is -1.14. The van der Waals surface area contributed by atoms with Gasteiger partial charge in [-0.15, -0.1) is 0 Å². The molecule has 6 nitrogen and oxygen atoms in total. The van der Waals surface area contributed by atoms with E-state index < -0.39 is 23.7 Å². The Morgan fingerprint density at radius 3 is 1.81 bits per heavy atom. The van der Waals surface area contributed by atoms with E-state index in [4.69, 9.17) is 0 Å². The average Bonchev–Trinajstić information content (AvgIpc) is 3.32. The number of aliphatic hydroxyl groups is 2. The number of carbonyl (C=O) groups is 1. The van der Waals surface area contributed by atoms with E-state index in [0.717, 1.165) is 19.3 Å². The number of aliphatic hydroxyl groups excluding tert-OH is 2. The van der Waals surface area contributed by atoms with Crippen LogP contribution in [0.2, 0.25) is 0 Å². The fourth-order valence-electron chi connectivity index (χ4n) is 4.78. The zero-order valence-electron chi connectivity index (χ0n) is 20.8. The molecule has 0 aromatic heterocycles. The Balaban J connectivity index is 2.10. The lowest BCUT2D eigenvalue weighted by atomic mass is 9.87. The van der Waals surface area contributed by atoms with Crippen molar-refractivity contribution in [1.82, 2.24) is 4.90 Å². The first-order chi connectivity index (χ1) is 15.5. The maximum absolute atomic E-state index is 12.0. The minimum atomic E-state index is -0.904. The van der Waals surface area contributed by atoms with E-state index in [1.54, 1.807) is 6.34 Å². The number of nitrogens with zero attached hydrogens (tertiary/aromatic N) is 2. The Kier molecular flexibility index (Phi) is 15.7. The maximum atomic E-state index is 12.0. The van der Waals surface area contributed by atoms with E-state index in [1.807, 2.05) is 11.8 Å². The minimum absolute atomic E-state index is 0.521. The summed E-state index contributed by atoms with van der Waals surface area (Å²) in [6, 6.07) is 0. The zero-order chi connectivity index (χ0) is 23.7. The van der Waals surface area contributed by atoms with Gasteiger partial charge in [-0.05, 0) is 25.7 Å². The molecule has 0 aromatic carbocycles. The van der Waals surface area contributed by atoms with Gasteiger partial charge in [0.1, 0.15) is 5.54 Å². The second kappa shape index (κ2) is 17.4. The van der Waals surface area contributed by atoms with Gasteiger partial charge < -0.3 is 20.2 Å². The summed E-state index contributed by atoms with van der Waals surface area (Å²) in [6.45, 7) is 5.46. The summed E-state index contributed by atoms with van der Waals surface area (Å²) in [7, 11) is 0. The van der Waals surface area contributed by atoms with E-state index in [0.29, 0.717) is 45.2 Å². The summed E-state index contributed by atoms with van der Waals surface area (Å²) >= 11 is 0. The lowest BCUT2D eigenvalue weighted by Gasteiger charge is -2.37. The number of aliphatic imine (C=N–C) groups is 1. The van der Waals surface area contributed by atoms with Crippen LogP contribution in [-0.4, -0.2) is 63.4 Å². The van der Waals surface area contributed by atoms with Gasteiger partial charge in [-0.25, -0.2) is 4.79 Å². The zero-order valence-corrected chi connectivity index (χ0v) is 20.8. The smallest absolute Gasteiger partial charge is 0.329 e. The molecule has 32 heavy (non-hydrogen) atoms.